The van der Waals surface area contributed by atoms with Crippen molar-refractivity contribution < 1.29 is 9.53 Å². The lowest BCUT2D eigenvalue weighted by atomic mass is 9.93. The molecule has 0 saturated carbocycles. The quantitative estimate of drug-likeness (QED) is 0.893. The standard InChI is InChI=1S/C15H22N2O2/c1-15(2,9-16)10-17(3)14(18)13-8-11-6-4-5-7-12(11)19-13/h4-7,13H,8-10,16H2,1-3H3. The fraction of sp³-hybridized carbons (Fsp3) is 0.533. The Bertz CT molecular complexity index is 446. The molecule has 0 bridgehead atoms. The zero-order valence-electron chi connectivity index (χ0n) is 11.8. The van der Waals surface area contributed by atoms with E-state index in [0.29, 0.717) is 19.5 Å². The molecule has 1 unspecified atom stereocenters. The van der Waals surface area contributed by atoms with E-state index in [0.717, 1.165) is 11.3 Å². The number of benzene rings is 1. The lowest BCUT2D eigenvalue weighted by Gasteiger charge is -2.30. The van der Waals surface area contributed by atoms with Crippen molar-refractivity contribution in [1.82, 2.24) is 4.90 Å². The van der Waals surface area contributed by atoms with Crippen molar-refractivity contribution >= 4 is 5.91 Å². The highest BCUT2D eigenvalue weighted by Crippen LogP contribution is 2.29. The predicted octanol–water partition coefficient (Wildman–Crippen LogP) is 1.43. The molecule has 0 aliphatic carbocycles. The maximum Gasteiger partial charge on any atom is 0.263 e. The molecule has 1 aromatic carbocycles. The number of hydrogen-bond donors (Lipinski definition) is 1. The van der Waals surface area contributed by atoms with Crippen molar-refractivity contribution in [2.75, 3.05) is 20.1 Å². The monoisotopic (exact) mass is 262 g/mol. The molecule has 0 spiro atoms. The van der Waals surface area contributed by atoms with E-state index in [-0.39, 0.29) is 11.3 Å². The number of nitrogens with zero attached hydrogens (tertiary/aromatic N) is 1. The zero-order chi connectivity index (χ0) is 14.0. The van der Waals surface area contributed by atoms with E-state index >= 15 is 0 Å². The number of amides is 1. The van der Waals surface area contributed by atoms with Gasteiger partial charge in [-0.05, 0) is 23.6 Å². The summed E-state index contributed by atoms with van der Waals surface area (Å²) in [6.45, 7) is 5.30. The van der Waals surface area contributed by atoms with Gasteiger partial charge in [0.15, 0.2) is 6.10 Å². The van der Waals surface area contributed by atoms with Crippen molar-refractivity contribution in [2.24, 2.45) is 11.1 Å². The molecule has 1 amide bonds. The van der Waals surface area contributed by atoms with Crippen LogP contribution in [0.3, 0.4) is 0 Å². The highest BCUT2D eigenvalue weighted by Gasteiger charge is 2.32. The number of carbonyl (C=O) groups excluding carboxylic acids is 1. The summed E-state index contributed by atoms with van der Waals surface area (Å²) in [5.41, 5.74) is 6.74. The number of hydrogen-bond acceptors (Lipinski definition) is 3. The molecule has 0 saturated heterocycles. The molecule has 2 rings (SSSR count). The van der Waals surface area contributed by atoms with Crippen LogP contribution in [-0.2, 0) is 11.2 Å². The minimum absolute atomic E-state index is 0.0257. The van der Waals surface area contributed by atoms with Crippen LogP contribution < -0.4 is 10.5 Å². The van der Waals surface area contributed by atoms with Crippen LogP contribution in [0.25, 0.3) is 0 Å². The summed E-state index contributed by atoms with van der Waals surface area (Å²) < 4.78 is 5.72. The van der Waals surface area contributed by atoms with Crippen molar-refractivity contribution in [3.63, 3.8) is 0 Å². The van der Waals surface area contributed by atoms with Crippen LogP contribution in [-0.4, -0.2) is 37.0 Å². The van der Waals surface area contributed by atoms with Gasteiger partial charge in [0.2, 0.25) is 0 Å². The SMILES string of the molecule is CN(CC(C)(C)CN)C(=O)C1Cc2ccccc2O1. The first-order valence-electron chi connectivity index (χ1n) is 6.62. The largest absolute Gasteiger partial charge is 0.480 e. The van der Waals surface area contributed by atoms with Gasteiger partial charge in [-0.25, -0.2) is 0 Å². The van der Waals surface area contributed by atoms with Crippen LogP contribution in [0, 0.1) is 5.41 Å². The van der Waals surface area contributed by atoms with E-state index < -0.39 is 6.10 Å². The van der Waals surface area contributed by atoms with Crippen molar-refractivity contribution in [3.8, 4) is 5.75 Å². The summed E-state index contributed by atoms with van der Waals surface area (Å²) in [5.74, 6) is 0.852. The van der Waals surface area contributed by atoms with Gasteiger partial charge >= 0.3 is 0 Å². The second-order valence-corrected chi connectivity index (χ2v) is 5.98. The first-order valence-corrected chi connectivity index (χ1v) is 6.62. The van der Waals surface area contributed by atoms with Gasteiger partial charge in [0, 0.05) is 20.0 Å². The van der Waals surface area contributed by atoms with E-state index in [1.54, 1.807) is 4.90 Å². The molecule has 104 valence electrons. The zero-order valence-corrected chi connectivity index (χ0v) is 11.8. The Balaban J connectivity index is 1.99. The minimum Gasteiger partial charge on any atom is -0.480 e. The average Bonchev–Trinajstić information content (AvgIpc) is 2.81. The molecular formula is C15H22N2O2. The summed E-state index contributed by atoms with van der Waals surface area (Å²) in [5, 5.41) is 0. The Morgan fingerprint density at radius 1 is 1.47 bits per heavy atom. The Kier molecular flexibility index (Phi) is 3.80. The van der Waals surface area contributed by atoms with E-state index in [2.05, 4.69) is 13.8 Å². The van der Waals surface area contributed by atoms with Crippen molar-refractivity contribution in [2.45, 2.75) is 26.4 Å². The summed E-state index contributed by atoms with van der Waals surface area (Å²) in [6, 6.07) is 7.81. The van der Waals surface area contributed by atoms with Gasteiger partial charge in [0.25, 0.3) is 5.91 Å². The highest BCUT2D eigenvalue weighted by molar-refractivity contribution is 5.82. The van der Waals surface area contributed by atoms with Crippen molar-refractivity contribution in [1.29, 1.82) is 0 Å². The first kappa shape index (κ1) is 13.9. The lowest BCUT2D eigenvalue weighted by Crippen LogP contribution is -2.45. The van der Waals surface area contributed by atoms with E-state index in [4.69, 9.17) is 10.5 Å². The Morgan fingerprint density at radius 2 is 2.16 bits per heavy atom. The molecule has 2 N–H and O–H groups in total. The Labute approximate surface area is 114 Å². The van der Waals surface area contributed by atoms with Crippen LogP contribution in [0.5, 0.6) is 5.75 Å². The summed E-state index contributed by atoms with van der Waals surface area (Å²) in [6.07, 6.45) is 0.263. The van der Waals surface area contributed by atoms with Gasteiger partial charge in [-0.3, -0.25) is 4.79 Å². The third kappa shape index (κ3) is 3.07. The van der Waals surface area contributed by atoms with Gasteiger partial charge in [-0.15, -0.1) is 0 Å². The highest BCUT2D eigenvalue weighted by atomic mass is 16.5. The molecule has 4 nitrogen and oxygen atoms in total. The third-order valence-corrected chi connectivity index (χ3v) is 3.52. The second-order valence-electron chi connectivity index (χ2n) is 5.98. The molecule has 1 aliphatic heterocycles. The summed E-state index contributed by atoms with van der Waals surface area (Å²) >= 11 is 0. The number of rotatable bonds is 4. The summed E-state index contributed by atoms with van der Waals surface area (Å²) in [7, 11) is 1.81. The molecule has 0 fully saturated rings. The van der Waals surface area contributed by atoms with E-state index in [1.165, 1.54) is 0 Å². The molecular weight excluding hydrogens is 240 g/mol. The molecule has 19 heavy (non-hydrogen) atoms. The molecule has 1 aliphatic rings. The van der Waals surface area contributed by atoms with E-state index in [1.807, 2.05) is 31.3 Å². The van der Waals surface area contributed by atoms with Crippen LogP contribution in [0.4, 0.5) is 0 Å². The molecule has 1 atom stereocenters. The minimum atomic E-state index is -0.393. The number of carbonyl (C=O) groups is 1. The van der Waals surface area contributed by atoms with Crippen LogP contribution in [0.1, 0.15) is 19.4 Å². The molecule has 1 aromatic rings. The third-order valence-electron chi connectivity index (χ3n) is 3.52. The normalized spacial score (nSPS) is 17.8. The Hall–Kier alpha value is -1.55. The maximum atomic E-state index is 12.4. The molecule has 0 radical (unpaired) electrons. The molecule has 1 heterocycles. The van der Waals surface area contributed by atoms with Crippen LogP contribution in [0.2, 0.25) is 0 Å². The number of nitrogens with two attached hydrogens (primary N) is 1. The lowest BCUT2D eigenvalue weighted by molar-refractivity contribution is -0.137. The predicted molar refractivity (Wildman–Crippen MR) is 75.0 cm³/mol. The fourth-order valence-corrected chi connectivity index (χ4v) is 2.35. The second kappa shape index (κ2) is 5.21. The fourth-order valence-electron chi connectivity index (χ4n) is 2.35. The van der Waals surface area contributed by atoms with Gasteiger partial charge in [-0.1, -0.05) is 32.0 Å². The van der Waals surface area contributed by atoms with Gasteiger partial charge in [-0.2, -0.15) is 0 Å². The Morgan fingerprint density at radius 3 is 2.79 bits per heavy atom. The van der Waals surface area contributed by atoms with Gasteiger partial charge in [0.05, 0.1) is 0 Å². The number of fused-ring (bicyclic) bond motifs is 1. The number of para-hydroxylation sites is 1. The maximum absolute atomic E-state index is 12.4. The van der Waals surface area contributed by atoms with Crippen LogP contribution >= 0.6 is 0 Å². The number of ether oxygens (including phenoxy) is 1. The number of likely N-dealkylation sites (N-methyl/N-ethyl adjacent to an activating group) is 1. The molecule has 4 heteroatoms. The first-order chi connectivity index (χ1) is 8.93. The smallest absolute Gasteiger partial charge is 0.263 e. The molecule has 0 aromatic heterocycles. The average molecular weight is 262 g/mol. The van der Waals surface area contributed by atoms with Gasteiger partial charge < -0.3 is 15.4 Å². The van der Waals surface area contributed by atoms with Crippen molar-refractivity contribution in [3.05, 3.63) is 29.8 Å². The van der Waals surface area contributed by atoms with Crippen LogP contribution in [0.15, 0.2) is 24.3 Å². The van der Waals surface area contributed by atoms with Gasteiger partial charge in [0.1, 0.15) is 5.75 Å². The summed E-state index contributed by atoms with van der Waals surface area (Å²) in [4.78, 5) is 14.1. The topological polar surface area (TPSA) is 55.6 Å². The van der Waals surface area contributed by atoms with E-state index in [9.17, 15) is 4.79 Å².